The molecule has 0 saturated carbocycles. The van der Waals surface area contributed by atoms with Crippen molar-refractivity contribution in [3.63, 3.8) is 0 Å². The highest BCUT2D eigenvalue weighted by molar-refractivity contribution is 6.74. The fourth-order valence-corrected chi connectivity index (χ4v) is 5.12. The first-order valence-electron chi connectivity index (χ1n) is 11.3. The standard InChI is InChI=1S/C25H37NO3Si/c1-7-28-24(27)20-11-8-19(9-12-20)10-13-22-17-26-15-14-21(22)16-23(26)18-29-30(5,6)25(2,3)4/h8-9,11-12,21-23H,7,14-18H2,1-6H3/t21-,22-,23+/m0/s1. The van der Waals surface area contributed by atoms with Crippen LogP contribution < -0.4 is 0 Å². The van der Waals surface area contributed by atoms with Gasteiger partial charge < -0.3 is 9.16 Å². The fraction of sp³-hybridized carbons (Fsp3) is 0.640. The van der Waals surface area contributed by atoms with Crippen LogP contribution in [-0.2, 0) is 9.16 Å². The monoisotopic (exact) mass is 427 g/mol. The Bertz CT molecular complexity index is 800. The molecule has 1 aromatic rings. The maximum absolute atomic E-state index is 11.8. The Labute approximate surface area is 183 Å². The van der Waals surface area contributed by atoms with E-state index in [4.69, 9.17) is 9.16 Å². The van der Waals surface area contributed by atoms with Crippen molar-refractivity contribution >= 4 is 14.3 Å². The van der Waals surface area contributed by atoms with Crippen molar-refractivity contribution in [1.82, 2.24) is 4.90 Å². The van der Waals surface area contributed by atoms with Gasteiger partial charge in [0.25, 0.3) is 0 Å². The van der Waals surface area contributed by atoms with Crippen molar-refractivity contribution in [2.24, 2.45) is 11.8 Å². The van der Waals surface area contributed by atoms with Crippen LogP contribution in [0, 0.1) is 23.7 Å². The molecule has 3 saturated heterocycles. The van der Waals surface area contributed by atoms with Crippen LogP contribution in [0.1, 0.15) is 56.5 Å². The molecule has 0 aliphatic carbocycles. The van der Waals surface area contributed by atoms with E-state index in [9.17, 15) is 4.79 Å². The van der Waals surface area contributed by atoms with Gasteiger partial charge in [0.15, 0.2) is 8.32 Å². The maximum Gasteiger partial charge on any atom is 0.338 e. The van der Waals surface area contributed by atoms with Gasteiger partial charge in [0, 0.05) is 30.7 Å². The van der Waals surface area contributed by atoms with E-state index in [-0.39, 0.29) is 11.0 Å². The summed E-state index contributed by atoms with van der Waals surface area (Å²) in [7, 11) is -1.70. The highest BCUT2D eigenvalue weighted by Gasteiger charge is 2.42. The van der Waals surface area contributed by atoms with E-state index >= 15 is 0 Å². The van der Waals surface area contributed by atoms with Crippen molar-refractivity contribution in [2.45, 2.75) is 64.7 Å². The van der Waals surface area contributed by atoms with Crippen LogP contribution in [0.3, 0.4) is 0 Å². The van der Waals surface area contributed by atoms with Crippen molar-refractivity contribution < 1.29 is 14.0 Å². The number of nitrogens with zero attached hydrogens (tertiary/aromatic N) is 1. The van der Waals surface area contributed by atoms with Crippen LogP contribution >= 0.6 is 0 Å². The average Bonchev–Trinajstić information content (AvgIpc) is 2.71. The molecule has 2 bridgehead atoms. The number of hydrogen-bond donors (Lipinski definition) is 0. The van der Waals surface area contributed by atoms with Gasteiger partial charge in [-0.1, -0.05) is 32.6 Å². The molecule has 3 fully saturated rings. The lowest BCUT2D eigenvalue weighted by atomic mass is 9.76. The van der Waals surface area contributed by atoms with Crippen LogP contribution in [0.15, 0.2) is 24.3 Å². The first-order valence-corrected chi connectivity index (χ1v) is 14.2. The molecular weight excluding hydrogens is 390 g/mol. The number of esters is 1. The molecule has 3 aliphatic rings. The molecule has 3 aliphatic heterocycles. The minimum atomic E-state index is -1.70. The van der Waals surface area contributed by atoms with Gasteiger partial charge >= 0.3 is 5.97 Å². The minimum absolute atomic E-state index is 0.257. The number of hydrogen-bond acceptors (Lipinski definition) is 4. The van der Waals surface area contributed by atoms with E-state index in [1.165, 1.54) is 19.4 Å². The first-order chi connectivity index (χ1) is 14.1. The van der Waals surface area contributed by atoms with E-state index in [2.05, 4.69) is 50.6 Å². The first kappa shape index (κ1) is 23.1. The summed E-state index contributed by atoms with van der Waals surface area (Å²) in [4.78, 5) is 14.4. The Hall–Kier alpha value is -1.61. The number of fused-ring (bicyclic) bond motifs is 3. The Morgan fingerprint density at radius 1 is 1.23 bits per heavy atom. The predicted octanol–water partition coefficient (Wildman–Crippen LogP) is 4.95. The summed E-state index contributed by atoms with van der Waals surface area (Å²) in [6.45, 7) is 16.9. The molecule has 0 radical (unpaired) electrons. The number of benzene rings is 1. The van der Waals surface area contributed by atoms with Crippen molar-refractivity contribution in [1.29, 1.82) is 0 Å². The number of ether oxygens (including phenoxy) is 1. The molecule has 0 aromatic heterocycles. The molecule has 0 N–H and O–H groups in total. The van der Waals surface area contributed by atoms with E-state index in [0.717, 1.165) is 18.7 Å². The van der Waals surface area contributed by atoms with Gasteiger partial charge in [-0.3, -0.25) is 4.90 Å². The molecule has 164 valence electrons. The Kier molecular flexibility index (Phi) is 7.11. The fourth-order valence-electron chi connectivity index (χ4n) is 4.08. The molecule has 1 unspecified atom stereocenters. The SMILES string of the molecule is CCOC(=O)c1ccc(C#C[C@H]2CN3CC[C@H]2C[C@@H]3CO[Si](C)(C)C(C)(C)C)cc1. The second-order valence-electron chi connectivity index (χ2n) is 10.2. The van der Waals surface area contributed by atoms with Gasteiger partial charge in [-0.25, -0.2) is 4.79 Å². The highest BCUT2D eigenvalue weighted by atomic mass is 28.4. The number of carbonyl (C=O) groups excluding carboxylic acids is 1. The molecule has 4 nitrogen and oxygen atoms in total. The summed E-state index contributed by atoms with van der Waals surface area (Å²) in [5.74, 6) is 7.66. The number of rotatable bonds is 5. The Balaban J connectivity index is 1.57. The van der Waals surface area contributed by atoms with Crippen LogP contribution in [0.5, 0.6) is 0 Å². The smallest absolute Gasteiger partial charge is 0.338 e. The normalized spacial score (nSPS) is 26.1. The summed E-state index contributed by atoms with van der Waals surface area (Å²) >= 11 is 0. The van der Waals surface area contributed by atoms with Gasteiger partial charge in [-0.05, 0) is 74.6 Å². The third-order valence-electron chi connectivity index (χ3n) is 7.12. The summed E-state index contributed by atoms with van der Waals surface area (Å²) in [6, 6.07) is 7.96. The molecule has 4 atom stereocenters. The molecule has 1 aromatic carbocycles. The summed E-state index contributed by atoms with van der Waals surface area (Å²) in [5.41, 5.74) is 1.53. The lowest BCUT2D eigenvalue weighted by Crippen LogP contribution is -2.56. The van der Waals surface area contributed by atoms with Crippen LogP contribution in [0.2, 0.25) is 18.1 Å². The highest BCUT2D eigenvalue weighted by Crippen LogP contribution is 2.39. The van der Waals surface area contributed by atoms with Gasteiger partial charge in [0.05, 0.1) is 12.2 Å². The van der Waals surface area contributed by atoms with Gasteiger partial charge in [0.2, 0.25) is 0 Å². The van der Waals surface area contributed by atoms with Crippen molar-refractivity contribution in [2.75, 3.05) is 26.3 Å². The lowest BCUT2D eigenvalue weighted by Gasteiger charge is -2.49. The molecule has 3 heterocycles. The third-order valence-corrected chi connectivity index (χ3v) is 11.6. The van der Waals surface area contributed by atoms with Gasteiger partial charge in [-0.2, -0.15) is 0 Å². The summed E-state index contributed by atoms with van der Waals surface area (Å²) in [5, 5.41) is 0.257. The maximum atomic E-state index is 11.8. The van der Waals surface area contributed by atoms with Crippen molar-refractivity contribution in [3.05, 3.63) is 35.4 Å². The van der Waals surface area contributed by atoms with E-state index < -0.39 is 8.32 Å². The molecule has 0 spiro atoms. The zero-order chi connectivity index (χ0) is 21.9. The minimum Gasteiger partial charge on any atom is -0.462 e. The quantitative estimate of drug-likeness (QED) is 0.379. The van der Waals surface area contributed by atoms with Gasteiger partial charge in [0.1, 0.15) is 0 Å². The van der Waals surface area contributed by atoms with Crippen molar-refractivity contribution in [3.8, 4) is 11.8 Å². The van der Waals surface area contributed by atoms with E-state index in [0.29, 0.717) is 30.0 Å². The number of carbonyl (C=O) groups is 1. The number of piperidine rings is 3. The lowest BCUT2D eigenvalue weighted by molar-refractivity contribution is -0.00120. The van der Waals surface area contributed by atoms with Crippen LogP contribution in [0.4, 0.5) is 0 Å². The largest absolute Gasteiger partial charge is 0.462 e. The second kappa shape index (κ2) is 9.26. The summed E-state index contributed by atoms with van der Waals surface area (Å²) in [6.07, 6.45) is 2.42. The molecule has 5 heteroatoms. The topological polar surface area (TPSA) is 38.8 Å². The molecular formula is C25H37NO3Si. The van der Waals surface area contributed by atoms with Crippen LogP contribution in [-0.4, -0.2) is 51.5 Å². The Morgan fingerprint density at radius 3 is 2.50 bits per heavy atom. The summed E-state index contributed by atoms with van der Waals surface area (Å²) < 4.78 is 11.6. The van der Waals surface area contributed by atoms with E-state index in [1.807, 2.05) is 19.1 Å². The predicted molar refractivity (Wildman–Crippen MR) is 124 cm³/mol. The molecule has 30 heavy (non-hydrogen) atoms. The third kappa shape index (κ3) is 5.35. The van der Waals surface area contributed by atoms with Crippen LogP contribution in [0.25, 0.3) is 0 Å². The van der Waals surface area contributed by atoms with Gasteiger partial charge in [-0.15, -0.1) is 0 Å². The average molecular weight is 428 g/mol. The Morgan fingerprint density at radius 2 is 1.93 bits per heavy atom. The zero-order valence-corrected chi connectivity index (χ0v) is 20.5. The second-order valence-corrected chi connectivity index (χ2v) is 15.0. The zero-order valence-electron chi connectivity index (χ0n) is 19.5. The molecule has 0 amide bonds. The van der Waals surface area contributed by atoms with E-state index in [1.54, 1.807) is 12.1 Å². The molecule has 4 rings (SSSR count).